The molecule has 4 aliphatic heterocycles. The average Bonchev–Trinajstić information content (AvgIpc) is 4.02. The Hall–Kier alpha value is -4.66. The third-order valence-corrected chi connectivity index (χ3v) is 19.1. The Kier molecular flexibility index (Phi) is 18.0. The predicted octanol–water partition coefficient (Wildman–Crippen LogP) is 0.418. The van der Waals surface area contributed by atoms with Gasteiger partial charge in [0.25, 0.3) is 0 Å². The summed E-state index contributed by atoms with van der Waals surface area (Å²) in [6, 6.07) is 3.45. The fourth-order valence-corrected chi connectivity index (χ4v) is 14.9. The lowest BCUT2D eigenvalue weighted by atomic mass is 10.0. The maximum Gasteiger partial charge on any atom is 0.246 e. The van der Waals surface area contributed by atoms with Crippen LogP contribution in [0.15, 0.2) is 58.7 Å². The molecule has 3 aromatic rings. The molecule has 0 radical (unpaired) electrons. The number of carbonyl (C=O) groups excluding carboxylic acids is 8. The predicted molar refractivity (Wildman–Crippen MR) is 271 cm³/mol. The van der Waals surface area contributed by atoms with Crippen molar-refractivity contribution in [3.05, 3.63) is 54.2 Å². The van der Waals surface area contributed by atoms with E-state index in [4.69, 9.17) is 0 Å². The average molecular weight is 1060 g/mol. The van der Waals surface area contributed by atoms with Crippen LogP contribution in [-0.4, -0.2) is 167 Å². The van der Waals surface area contributed by atoms with Crippen molar-refractivity contribution in [1.82, 2.24) is 52.1 Å². The molecule has 4 aliphatic rings. The number of hydrogen-bond donors (Lipinski definition) is 10. The van der Waals surface area contributed by atoms with Crippen LogP contribution in [0.25, 0.3) is 10.9 Å². The molecule has 11 unspecified atom stereocenters. The summed E-state index contributed by atoms with van der Waals surface area (Å²) in [5.41, 5.74) is 1.25. The van der Waals surface area contributed by atoms with Crippen molar-refractivity contribution in [3.63, 3.8) is 0 Å². The van der Waals surface area contributed by atoms with Crippen LogP contribution in [0.5, 0.6) is 0 Å². The molecule has 0 aliphatic carbocycles. The van der Waals surface area contributed by atoms with E-state index < -0.39 is 99.9 Å². The lowest BCUT2D eigenvalue weighted by Gasteiger charge is -2.31. The van der Waals surface area contributed by atoms with Crippen molar-refractivity contribution < 1.29 is 48.6 Å². The Morgan fingerprint density at radius 3 is 2.34 bits per heavy atom. The number of amides is 8. The second kappa shape index (κ2) is 23.7. The van der Waals surface area contributed by atoms with Gasteiger partial charge in [-0.2, -0.15) is 0 Å². The first-order valence-electron chi connectivity index (χ1n) is 22.9. The zero-order valence-corrected chi connectivity index (χ0v) is 42.9. The molecule has 2 fully saturated rings. The smallest absolute Gasteiger partial charge is 0.246 e. The monoisotopic (exact) mass is 1060 g/mol. The van der Waals surface area contributed by atoms with Crippen LogP contribution in [0.2, 0.25) is 0 Å². The first kappa shape index (κ1) is 53.1. The minimum absolute atomic E-state index is 0.0409. The third-order valence-electron chi connectivity index (χ3n) is 12.2. The minimum Gasteiger partial charge on any atom is -0.391 e. The maximum absolute atomic E-state index is 14.9. The van der Waals surface area contributed by atoms with Crippen molar-refractivity contribution in [2.75, 3.05) is 30.3 Å². The van der Waals surface area contributed by atoms with Crippen molar-refractivity contribution >= 4 is 115 Å². The number of carbonyl (C=O) groups is 8. The number of hydrogen-bond acceptors (Lipinski definition) is 16. The summed E-state index contributed by atoms with van der Waals surface area (Å²) in [4.78, 5) is 121. The molecule has 378 valence electrons. The number of rotatable bonds is 10. The molecule has 1 aromatic carbocycles. The van der Waals surface area contributed by atoms with Gasteiger partial charge in [0, 0.05) is 78.4 Å². The fourth-order valence-electron chi connectivity index (χ4n) is 8.46. The van der Waals surface area contributed by atoms with Crippen LogP contribution < -0.4 is 37.2 Å². The number of para-hydroxylation sites is 1. The number of nitrogens with one attached hydrogen (secondary N) is 8. The van der Waals surface area contributed by atoms with E-state index in [-0.39, 0.29) is 42.7 Å². The number of fused-ring (bicyclic) bond motifs is 5. The van der Waals surface area contributed by atoms with Gasteiger partial charge in [0.1, 0.15) is 47.3 Å². The molecular weight excluding hydrogens is 1000 g/mol. The highest BCUT2D eigenvalue weighted by Crippen LogP contribution is 2.50. The number of thioether (sulfide) groups is 3. The van der Waals surface area contributed by atoms with E-state index in [0.717, 1.165) is 21.7 Å². The van der Waals surface area contributed by atoms with Gasteiger partial charge in [0.2, 0.25) is 47.3 Å². The summed E-state index contributed by atoms with van der Waals surface area (Å²) in [5.74, 6) is -4.57. The quantitative estimate of drug-likeness (QED) is 0.0973. The molecule has 2 bridgehead atoms. The molecule has 8 amide bonds. The van der Waals surface area contributed by atoms with Crippen LogP contribution in [0.3, 0.4) is 0 Å². The molecule has 20 nitrogen and oxygen atoms in total. The van der Waals surface area contributed by atoms with Crippen LogP contribution in [0.1, 0.15) is 52.5 Å². The van der Waals surface area contributed by atoms with Crippen molar-refractivity contribution in [2.24, 2.45) is 0 Å². The van der Waals surface area contributed by atoms with Gasteiger partial charge in [-0.25, -0.2) is 4.98 Å². The number of H-pyrrole nitrogens is 1. The molecule has 0 spiro atoms. The number of aliphatic hydroxyl groups excluding tert-OH is 2. The van der Waals surface area contributed by atoms with E-state index in [9.17, 15) is 48.6 Å². The zero-order valence-electron chi connectivity index (χ0n) is 38.9. The summed E-state index contributed by atoms with van der Waals surface area (Å²) in [5, 5.41) is 42.8. The largest absolute Gasteiger partial charge is 0.391 e. The third kappa shape index (κ3) is 13.4. The Morgan fingerprint density at radius 2 is 1.60 bits per heavy atom. The van der Waals surface area contributed by atoms with Crippen molar-refractivity contribution in [2.45, 2.75) is 127 Å². The topological polar surface area (TPSA) is 293 Å². The molecule has 11 atom stereocenters. The number of nitrogens with zero attached hydrogens (tertiary/aromatic N) is 2. The molecule has 7 rings (SSSR count). The van der Waals surface area contributed by atoms with Crippen molar-refractivity contribution in [3.8, 4) is 0 Å². The SMILES string of the molecule is CC1NC(=O)C(CC2(C)SCC(CNC(=O)CCSSc3ccccn3)S2)NC(=O)C2Cc3c([nH]c4ccccc34)SCC(NC(=O)C(C(C)O)NC1=O)C(=O)N1CC(O)CC1C(=O)NC(C)C(=O)N2. The Bertz CT molecular complexity index is 2450. The normalized spacial score (nSPS) is 29.9. The van der Waals surface area contributed by atoms with Gasteiger partial charge in [-0.3, -0.25) is 38.4 Å². The summed E-state index contributed by atoms with van der Waals surface area (Å²) in [6.07, 6.45) is -0.840. The van der Waals surface area contributed by atoms with Gasteiger partial charge in [-0.1, -0.05) is 35.1 Å². The highest BCUT2D eigenvalue weighted by atomic mass is 33.1. The molecule has 6 heterocycles. The second-order valence-electron chi connectivity index (χ2n) is 17.8. The summed E-state index contributed by atoms with van der Waals surface area (Å²) >= 11 is 4.22. The van der Waals surface area contributed by atoms with Crippen LogP contribution in [-0.2, 0) is 44.8 Å². The van der Waals surface area contributed by atoms with E-state index >= 15 is 0 Å². The van der Waals surface area contributed by atoms with E-state index in [1.54, 1.807) is 35.8 Å². The number of aromatic nitrogens is 2. The van der Waals surface area contributed by atoms with Gasteiger partial charge >= 0.3 is 0 Å². The lowest BCUT2D eigenvalue weighted by Crippen LogP contribution is -2.61. The Morgan fingerprint density at radius 1 is 0.886 bits per heavy atom. The molecule has 70 heavy (non-hydrogen) atoms. The molecule has 2 saturated heterocycles. The van der Waals surface area contributed by atoms with Crippen LogP contribution in [0.4, 0.5) is 0 Å². The van der Waals surface area contributed by atoms with E-state index in [2.05, 4.69) is 47.2 Å². The van der Waals surface area contributed by atoms with Gasteiger partial charge in [-0.05, 0) is 62.3 Å². The first-order chi connectivity index (χ1) is 33.4. The molecule has 25 heteroatoms. The van der Waals surface area contributed by atoms with Crippen molar-refractivity contribution in [1.29, 1.82) is 0 Å². The van der Waals surface area contributed by atoms with E-state index in [0.29, 0.717) is 46.0 Å². The van der Waals surface area contributed by atoms with Crippen LogP contribution >= 0.6 is 56.9 Å². The number of pyridine rings is 1. The molecule has 0 saturated carbocycles. The van der Waals surface area contributed by atoms with Gasteiger partial charge in [0.05, 0.1) is 21.3 Å². The first-order valence-corrected chi connectivity index (χ1v) is 28.0. The summed E-state index contributed by atoms with van der Waals surface area (Å²) < 4.78 is -0.696. The summed E-state index contributed by atoms with van der Waals surface area (Å²) in [6.45, 7) is 6.10. The fraction of sp³-hybridized carbons (Fsp3) is 0.533. The summed E-state index contributed by atoms with van der Waals surface area (Å²) in [7, 11) is 3.03. The standard InChI is InChI=1S/C45H58N10O10S5/c1-22-37(59)50-30-16-28-27-9-5-6-10-29(27)53-43(28)66-21-32(44(65)55-19-25(57)15-33(55)41(63)49-22)52-42(64)36(24(3)56)54-38(60)23(2)48-40(62)31(51-39(30)61)17-45(4)67-20-26(69-45)18-47-34(58)12-14-68-70-35-11-7-8-13-46-35/h5-11,13,22-26,30-33,36,53,56-57H,12,14-21H2,1-4H3,(H,47,58)(H,48,62)(H,49,63)(H,50,59)(H,51,61)(H,52,64)(H,54,60). The highest BCUT2D eigenvalue weighted by molar-refractivity contribution is 8.76. The number of aromatic amines is 1. The highest BCUT2D eigenvalue weighted by Gasteiger charge is 2.45. The Balaban J connectivity index is 1.19. The van der Waals surface area contributed by atoms with Gasteiger partial charge < -0.3 is 57.3 Å². The number of aliphatic hydroxyl groups is 2. The molecular formula is C45H58N10O10S5. The minimum atomic E-state index is -1.62. The van der Waals surface area contributed by atoms with Crippen LogP contribution in [0, 0.1) is 0 Å². The lowest BCUT2D eigenvalue weighted by molar-refractivity contribution is -0.142. The van der Waals surface area contributed by atoms with E-state index in [1.165, 1.54) is 42.4 Å². The van der Waals surface area contributed by atoms with Gasteiger partial charge in [0.15, 0.2) is 0 Å². The molecule has 10 N–H and O–H groups in total. The second-order valence-corrected chi connectivity index (χ2v) is 24.8. The molecule has 2 aromatic heterocycles. The number of benzene rings is 1. The zero-order chi connectivity index (χ0) is 50.3. The van der Waals surface area contributed by atoms with Gasteiger partial charge in [-0.15, -0.1) is 35.3 Å². The Labute approximate surface area is 425 Å². The maximum atomic E-state index is 14.9. The van der Waals surface area contributed by atoms with E-state index in [1.807, 2.05) is 43.3 Å².